The van der Waals surface area contributed by atoms with E-state index in [0.29, 0.717) is 12.1 Å². The first-order chi connectivity index (χ1) is 12.1. The number of amides is 1. The number of nitrogens with zero attached hydrogens (tertiary/aromatic N) is 4. The number of aromatic nitrogens is 4. The Morgan fingerprint density at radius 3 is 2.68 bits per heavy atom. The molecule has 136 valence electrons. The van der Waals surface area contributed by atoms with Gasteiger partial charge in [0.05, 0.1) is 12.8 Å². The number of carbonyl (C=O) groups excluding carboxylic acids is 2. The molecule has 9 nitrogen and oxygen atoms in total. The largest absolute Gasteiger partial charge is 0.461 e. The third-order valence-corrected chi connectivity index (χ3v) is 3.74. The fourth-order valence-corrected chi connectivity index (χ4v) is 2.41. The molecule has 2 rings (SSSR count). The average Bonchev–Trinajstić information content (AvgIpc) is 3.03. The maximum atomic E-state index is 12.2. The van der Waals surface area contributed by atoms with Gasteiger partial charge in [0.15, 0.2) is 17.2 Å². The number of nitrogens with one attached hydrogen (secondary N) is 1. The summed E-state index contributed by atoms with van der Waals surface area (Å²) in [6, 6.07) is 0. The van der Waals surface area contributed by atoms with E-state index in [9.17, 15) is 9.59 Å². The maximum absolute atomic E-state index is 12.2. The topological polar surface area (TPSA) is 124 Å². The van der Waals surface area contributed by atoms with Crippen molar-refractivity contribution in [1.29, 1.82) is 0 Å². The van der Waals surface area contributed by atoms with Crippen LogP contribution in [0.2, 0.25) is 0 Å². The van der Waals surface area contributed by atoms with Crippen LogP contribution >= 0.6 is 0 Å². The summed E-state index contributed by atoms with van der Waals surface area (Å²) in [7, 11) is 0. The first-order valence-corrected chi connectivity index (χ1v) is 8.55. The Morgan fingerprint density at radius 1 is 1.20 bits per heavy atom. The van der Waals surface area contributed by atoms with Crippen LogP contribution in [-0.4, -0.2) is 44.8 Å². The van der Waals surface area contributed by atoms with E-state index in [0.717, 1.165) is 19.3 Å². The summed E-state index contributed by atoms with van der Waals surface area (Å²) in [6.07, 6.45) is 6.87. The average molecular weight is 348 g/mol. The quantitative estimate of drug-likeness (QED) is 0.520. The van der Waals surface area contributed by atoms with Crippen LogP contribution in [0.3, 0.4) is 0 Å². The van der Waals surface area contributed by atoms with E-state index in [4.69, 9.17) is 10.5 Å². The van der Waals surface area contributed by atoms with Crippen LogP contribution in [0.15, 0.2) is 6.20 Å². The molecule has 0 aliphatic heterocycles. The van der Waals surface area contributed by atoms with Gasteiger partial charge in [0, 0.05) is 6.54 Å². The van der Waals surface area contributed by atoms with Crippen molar-refractivity contribution in [3.05, 3.63) is 17.6 Å². The van der Waals surface area contributed by atoms with Gasteiger partial charge >= 0.3 is 5.97 Å². The van der Waals surface area contributed by atoms with E-state index in [1.165, 1.54) is 23.6 Å². The lowest BCUT2D eigenvalue weighted by molar-refractivity contribution is 0.0521. The van der Waals surface area contributed by atoms with Crippen LogP contribution in [0, 0.1) is 0 Å². The number of nitrogens with two attached hydrogens (primary N) is 1. The number of nitrogen functional groups attached to an aromatic ring is 1. The molecule has 1 amide bonds. The molecule has 3 N–H and O–H groups in total. The number of esters is 1. The molecular weight excluding hydrogens is 324 g/mol. The van der Waals surface area contributed by atoms with E-state index in [2.05, 4.69) is 27.5 Å². The number of unbranched alkanes of at least 4 members (excludes halogenated alkanes) is 4. The monoisotopic (exact) mass is 348 g/mol. The summed E-state index contributed by atoms with van der Waals surface area (Å²) < 4.78 is 6.12. The molecule has 0 saturated carbocycles. The molecule has 9 heteroatoms. The molecule has 25 heavy (non-hydrogen) atoms. The predicted molar refractivity (Wildman–Crippen MR) is 92.2 cm³/mol. The molecule has 0 radical (unpaired) electrons. The zero-order valence-corrected chi connectivity index (χ0v) is 14.6. The number of rotatable bonds is 9. The zero-order chi connectivity index (χ0) is 18.2. The molecule has 0 atom stereocenters. The van der Waals surface area contributed by atoms with Crippen molar-refractivity contribution in [3.8, 4) is 0 Å². The minimum Gasteiger partial charge on any atom is -0.461 e. The Kier molecular flexibility index (Phi) is 6.67. The second kappa shape index (κ2) is 8.95. The number of anilines is 1. The van der Waals surface area contributed by atoms with Crippen molar-refractivity contribution in [2.45, 2.75) is 46.0 Å². The van der Waals surface area contributed by atoms with Gasteiger partial charge in [-0.3, -0.25) is 4.79 Å². The highest BCUT2D eigenvalue weighted by Crippen LogP contribution is 2.15. The van der Waals surface area contributed by atoms with Gasteiger partial charge < -0.3 is 15.8 Å². The summed E-state index contributed by atoms with van der Waals surface area (Å²) in [5, 5.41) is 10.4. The molecule has 0 saturated heterocycles. The normalized spacial score (nSPS) is 10.8. The second-order valence-electron chi connectivity index (χ2n) is 5.62. The van der Waals surface area contributed by atoms with E-state index in [-0.39, 0.29) is 29.7 Å². The molecule has 0 spiro atoms. The van der Waals surface area contributed by atoms with Crippen molar-refractivity contribution in [1.82, 2.24) is 25.1 Å². The molecule has 0 aliphatic carbocycles. The molecule has 2 heterocycles. The molecule has 2 aromatic heterocycles. The third kappa shape index (κ3) is 4.43. The van der Waals surface area contributed by atoms with Gasteiger partial charge in [-0.1, -0.05) is 37.8 Å². The van der Waals surface area contributed by atoms with Crippen molar-refractivity contribution in [3.63, 3.8) is 0 Å². The fourth-order valence-electron chi connectivity index (χ4n) is 2.41. The molecule has 2 aromatic rings. The fraction of sp³-hybridized carbons (Fsp3) is 0.562. The van der Waals surface area contributed by atoms with Gasteiger partial charge in [0.1, 0.15) is 5.52 Å². The lowest BCUT2D eigenvalue weighted by atomic mass is 10.1. The summed E-state index contributed by atoms with van der Waals surface area (Å²) in [5.74, 6) is -0.949. The minimum absolute atomic E-state index is 0.0175. The summed E-state index contributed by atoms with van der Waals surface area (Å²) >= 11 is 0. The summed E-state index contributed by atoms with van der Waals surface area (Å²) in [6.45, 7) is 4.64. The van der Waals surface area contributed by atoms with E-state index >= 15 is 0 Å². The highest BCUT2D eigenvalue weighted by Gasteiger charge is 2.21. The van der Waals surface area contributed by atoms with E-state index in [1.807, 2.05) is 0 Å². The van der Waals surface area contributed by atoms with Gasteiger partial charge in [0.25, 0.3) is 5.91 Å². The lowest BCUT2D eigenvalue weighted by Gasteiger charge is -2.07. The zero-order valence-electron chi connectivity index (χ0n) is 14.6. The molecule has 0 fully saturated rings. The van der Waals surface area contributed by atoms with Gasteiger partial charge in [-0.2, -0.15) is 4.52 Å². The van der Waals surface area contributed by atoms with Crippen molar-refractivity contribution >= 4 is 23.2 Å². The third-order valence-electron chi connectivity index (χ3n) is 3.74. The Labute approximate surface area is 145 Å². The smallest absolute Gasteiger partial charge is 0.361 e. The SMILES string of the molecule is CCCCCCCNC(=O)c1ncc2c(C(=O)OCC)nnn2c1N. The Morgan fingerprint density at radius 2 is 1.96 bits per heavy atom. The van der Waals surface area contributed by atoms with E-state index < -0.39 is 5.97 Å². The van der Waals surface area contributed by atoms with Crippen LogP contribution in [0.5, 0.6) is 0 Å². The predicted octanol–water partition coefficient (Wildman–Crippen LogP) is 1.58. The van der Waals surface area contributed by atoms with Crippen LogP contribution in [0.4, 0.5) is 5.82 Å². The molecule has 0 unspecified atom stereocenters. The van der Waals surface area contributed by atoms with Gasteiger partial charge in [-0.15, -0.1) is 5.10 Å². The summed E-state index contributed by atoms with van der Waals surface area (Å²) in [5.41, 5.74) is 6.33. The van der Waals surface area contributed by atoms with E-state index in [1.54, 1.807) is 6.92 Å². The Bertz CT molecular complexity index is 743. The standard InChI is InChI=1S/C16H24N6O3/c1-3-5-6-7-8-9-18-15(23)13-14(17)22-11(10-19-13)12(20-21-22)16(24)25-4-2/h10H,3-9,17H2,1-2H3,(H,18,23). The molecule has 0 aromatic carbocycles. The van der Waals surface area contributed by atoms with Crippen LogP contribution in [0.1, 0.15) is 66.9 Å². The van der Waals surface area contributed by atoms with Crippen LogP contribution in [-0.2, 0) is 4.74 Å². The highest BCUT2D eigenvalue weighted by atomic mass is 16.5. The molecular formula is C16H24N6O3. The van der Waals surface area contributed by atoms with Crippen molar-refractivity contribution in [2.24, 2.45) is 0 Å². The number of hydrogen-bond acceptors (Lipinski definition) is 7. The Balaban J connectivity index is 2.06. The van der Waals surface area contributed by atoms with Crippen LogP contribution < -0.4 is 11.1 Å². The first kappa shape index (κ1) is 18.6. The van der Waals surface area contributed by atoms with Gasteiger partial charge in [0.2, 0.25) is 0 Å². The number of hydrogen-bond donors (Lipinski definition) is 2. The Hall–Kier alpha value is -2.71. The van der Waals surface area contributed by atoms with Crippen molar-refractivity contribution < 1.29 is 14.3 Å². The highest BCUT2D eigenvalue weighted by molar-refractivity contribution is 5.98. The van der Waals surface area contributed by atoms with Crippen LogP contribution in [0.25, 0.3) is 5.52 Å². The molecule has 0 bridgehead atoms. The minimum atomic E-state index is -0.608. The summed E-state index contributed by atoms with van der Waals surface area (Å²) in [4.78, 5) is 28.1. The maximum Gasteiger partial charge on any atom is 0.361 e. The van der Waals surface area contributed by atoms with Crippen molar-refractivity contribution in [2.75, 3.05) is 18.9 Å². The molecule has 0 aliphatic rings. The van der Waals surface area contributed by atoms with Gasteiger partial charge in [-0.05, 0) is 13.3 Å². The number of fused-ring (bicyclic) bond motifs is 1. The second-order valence-corrected chi connectivity index (χ2v) is 5.62. The first-order valence-electron chi connectivity index (χ1n) is 8.55. The number of carbonyl (C=O) groups is 2. The number of ether oxygens (including phenoxy) is 1. The van der Waals surface area contributed by atoms with Gasteiger partial charge in [-0.25, -0.2) is 9.78 Å². The lowest BCUT2D eigenvalue weighted by Crippen LogP contribution is -2.27.